The lowest BCUT2D eigenvalue weighted by Crippen LogP contribution is -2.18. The number of halogens is 2. The third kappa shape index (κ3) is 2.77. The Kier molecular flexibility index (Phi) is 3.83. The molecule has 15 heavy (non-hydrogen) atoms. The molecule has 82 valence electrons. The lowest BCUT2D eigenvalue weighted by molar-refractivity contribution is -0.384. The highest BCUT2D eigenvalue weighted by Crippen LogP contribution is 2.32. The Labute approximate surface area is 98.5 Å². The van der Waals surface area contributed by atoms with Gasteiger partial charge in [-0.25, -0.2) is 0 Å². The molecule has 1 rings (SSSR count). The van der Waals surface area contributed by atoms with Crippen molar-refractivity contribution in [3.8, 4) is 0 Å². The quantitative estimate of drug-likeness (QED) is 0.517. The van der Waals surface area contributed by atoms with Gasteiger partial charge in [0, 0.05) is 0 Å². The molecule has 0 bridgehead atoms. The fraction of sp³-hybridized carbons (Fsp3) is 0.333. The number of nitrogens with zero attached hydrogens (tertiary/aromatic N) is 2. The van der Waals surface area contributed by atoms with Crippen LogP contribution in [-0.4, -0.2) is 20.0 Å². The van der Waals surface area contributed by atoms with Gasteiger partial charge in [-0.1, -0.05) is 23.2 Å². The average Bonchev–Trinajstić information content (AvgIpc) is 2.46. The fourth-order valence-corrected chi connectivity index (χ4v) is 1.71. The van der Waals surface area contributed by atoms with Crippen LogP contribution >= 0.6 is 34.7 Å². The lowest BCUT2D eigenvalue weighted by Gasteiger charge is -2.01. The Hall–Kier alpha value is -0.920. The number of rotatable bonds is 3. The fourth-order valence-electron chi connectivity index (χ4n) is 0.828. The van der Waals surface area contributed by atoms with Crippen LogP contribution in [0.15, 0.2) is 0 Å². The van der Waals surface area contributed by atoms with E-state index in [1.807, 2.05) is 0 Å². The Bertz CT molecular complexity index is 406. The molecule has 0 spiro atoms. The van der Waals surface area contributed by atoms with E-state index < -0.39 is 15.7 Å². The van der Waals surface area contributed by atoms with Crippen molar-refractivity contribution in [1.29, 1.82) is 0 Å². The van der Waals surface area contributed by atoms with E-state index in [9.17, 15) is 14.9 Å². The van der Waals surface area contributed by atoms with E-state index >= 15 is 0 Å². The van der Waals surface area contributed by atoms with Crippen molar-refractivity contribution in [2.75, 3.05) is 5.32 Å². The van der Waals surface area contributed by atoms with Crippen LogP contribution < -0.4 is 5.32 Å². The third-order valence-corrected chi connectivity index (χ3v) is 2.69. The predicted molar refractivity (Wildman–Crippen MR) is 57.6 cm³/mol. The molecule has 0 saturated heterocycles. The molecule has 1 aromatic heterocycles. The number of alkyl halides is 2. The van der Waals surface area contributed by atoms with Gasteiger partial charge in [0.1, 0.15) is 5.69 Å². The van der Waals surface area contributed by atoms with Crippen LogP contribution in [0.1, 0.15) is 5.69 Å². The number of anilines is 1. The maximum atomic E-state index is 11.1. The molecule has 0 aliphatic rings. The maximum Gasteiger partial charge on any atom is 0.326 e. The van der Waals surface area contributed by atoms with Crippen molar-refractivity contribution in [2.24, 2.45) is 0 Å². The van der Waals surface area contributed by atoms with Crippen LogP contribution in [0.2, 0.25) is 0 Å². The smallest absolute Gasteiger partial charge is 0.308 e. The number of carbonyl (C=O) groups is 1. The first-order chi connectivity index (χ1) is 6.93. The normalized spacial score (nSPS) is 10.4. The minimum Gasteiger partial charge on any atom is -0.308 e. The average molecular weight is 270 g/mol. The molecule has 0 unspecified atom stereocenters. The summed E-state index contributed by atoms with van der Waals surface area (Å²) in [4.78, 5) is 19.8. The second-order valence-corrected chi connectivity index (χ2v) is 4.36. The number of aryl methyl sites for hydroxylation is 1. The van der Waals surface area contributed by atoms with Gasteiger partial charge in [0.15, 0.2) is 9.84 Å². The molecule has 0 aliphatic carbocycles. The largest absolute Gasteiger partial charge is 0.326 e. The number of hydrogen-bond donors (Lipinski definition) is 1. The van der Waals surface area contributed by atoms with Gasteiger partial charge in [-0.3, -0.25) is 14.9 Å². The topological polar surface area (TPSA) is 85.1 Å². The minimum atomic E-state index is -1.27. The molecule has 1 heterocycles. The van der Waals surface area contributed by atoms with E-state index in [2.05, 4.69) is 9.69 Å². The molecule has 0 fully saturated rings. The van der Waals surface area contributed by atoms with E-state index in [4.69, 9.17) is 23.2 Å². The summed E-state index contributed by atoms with van der Waals surface area (Å²) in [6.45, 7) is 1.48. The van der Waals surface area contributed by atoms with E-state index in [1.54, 1.807) is 0 Å². The molecular formula is C6H5Cl2N3O3S. The predicted octanol–water partition coefficient (Wildman–Crippen LogP) is 2.10. The van der Waals surface area contributed by atoms with E-state index in [1.165, 1.54) is 6.92 Å². The Morgan fingerprint density at radius 3 is 2.73 bits per heavy atom. The van der Waals surface area contributed by atoms with Crippen LogP contribution in [0.25, 0.3) is 0 Å². The van der Waals surface area contributed by atoms with E-state index in [0.717, 1.165) is 11.5 Å². The molecule has 0 saturated carbocycles. The monoisotopic (exact) mass is 269 g/mol. The van der Waals surface area contributed by atoms with Crippen molar-refractivity contribution in [1.82, 2.24) is 4.37 Å². The molecule has 1 N–H and O–H groups in total. The van der Waals surface area contributed by atoms with Crippen LogP contribution in [0.3, 0.4) is 0 Å². The minimum absolute atomic E-state index is 0.0359. The highest BCUT2D eigenvalue weighted by atomic mass is 35.5. The number of amides is 1. The zero-order valence-corrected chi connectivity index (χ0v) is 9.69. The highest BCUT2D eigenvalue weighted by molar-refractivity contribution is 7.11. The Morgan fingerprint density at radius 2 is 2.27 bits per heavy atom. The summed E-state index contributed by atoms with van der Waals surface area (Å²) in [5.41, 5.74) is 0.00308. The van der Waals surface area contributed by atoms with Crippen molar-refractivity contribution < 1.29 is 9.72 Å². The summed E-state index contributed by atoms with van der Waals surface area (Å²) < 4.78 is 3.75. The van der Waals surface area contributed by atoms with Crippen molar-refractivity contribution >= 4 is 51.3 Å². The Morgan fingerprint density at radius 1 is 1.67 bits per heavy atom. The zero-order chi connectivity index (χ0) is 11.6. The van der Waals surface area contributed by atoms with Gasteiger partial charge in [0.25, 0.3) is 5.91 Å². The van der Waals surface area contributed by atoms with Crippen molar-refractivity contribution in [2.45, 2.75) is 11.8 Å². The molecule has 0 radical (unpaired) electrons. The van der Waals surface area contributed by atoms with Crippen molar-refractivity contribution in [3.63, 3.8) is 0 Å². The van der Waals surface area contributed by atoms with Gasteiger partial charge in [-0.15, -0.1) is 0 Å². The first kappa shape index (κ1) is 12.2. The lowest BCUT2D eigenvalue weighted by atomic mass is 10.4. The zero-order valence-electron chi connectivity index (χ0n) is 7.36. The highest BCUT2D eigenvalue weighted by Gasteiger charge is 2.24. The first-order valence-electron chi connectivity index (χ1n) is 3.63. The molecular weight excluding hydrogens is 265 g/mol. The number of nitro groups is 1. The summed E-state index contributed by atoms with van der Waals surface area (Å²) in [7, 11) is 0. The van der Waals surface area contributed by atoms with Crippen LogP contribution in [0.4, 0.5) is 10.7 Å². The molecule has 0 aromatic carbocycles. The molecule has 0 aliphatic heterocycles. The molecule has 0 atom stereocenters. The van der Waals surface area contributed by atoms with Gasteiger partial charge in [-0.2, -0.15) is 4.37 Å². The summed E-state index contributed by atoms with van der Waals surface area (Å²) >= 11 is 11.4. The number of carbonyl (C=O) groups excluding carboxylic acids is 1. The van der Waals surface area contributed by atoms with Crippen molar-refractivity contribution in [3.05, 3.63) is 15.8 Å². The summed E-state index contributed by atoms with van der Waals surface area (Å²) in [6.07, 6.45) is 0. The summed E-state index contributed by atoms with van der Waals surface area (Å²) in [5, 5.41) is 12.9. The van der Waals surface area contributed by atoms with Gasteiger partial charge in [0.2, 0.25) is 0 Å². The summed E-state index contributed by atoms with van der Waals surface area (Å²) in [6, 6.07) is 0. The summed E-state index contributed by atoms with van der Waals surface area (Å²) in [5.74, 6) is -0.718. The Balaban J connectivity index is 2.96. The molecule has 6 nitrogen and oxygen atoms in total. The van der Waals surface area contributed by atoms with Gasteiger partial charge in [-0.05, 0) is 18.5 Å². The first-order valence-corrected chi connectivity index (χ1v) is 5.27. The SMILES string of the molecule is Cc1nsc(NC(=O)C(Cl)Cl)c1[N+](=O)[O-]. The third-order valence-electron chi connectivity index (χ3n) is 1.45. The number of aromatic nitrogens is 1. The standard InChI is InChI=1S/C6H5Cl2N3O3S/c1-2-3(11(13)14)6(15-10-2)9-5(12)4(7)8/h4H,1H3,(H,9,12). The van der Waals surface area contributed by atoms with Gasteiger partial charge >= 0.3 is 5.69 Å². The van der Waals surface area contributed by atoms with Crippen LogP contribution in [0.5, 0.6) is 0 Å². The van der Waals surface area contributed by atoms with Gasteiger partial charge in [0.05, 0.1) is 4.92 Å². The second-order valence-electron chi connectivity index (χ2n) is 2.49. The van der Waals surface area contributed by atoms with E-state index in [-0.39, 0.29) is 16.4 Å². The van der Waals surface area contributed by atoms with Gasteiger partial charge < -0.3 is 5.32 Å². The number of nitrogens with one attached hydrogen (secondary N) is 1. The maximum absolute atomic E-state index is 11.1. The molecule has 1 aromatic rings. The molecule has 1 amide bonds. The van der Waals surface area contributed by atoms with Crippen LogP contribution in [0, 0.1) is 17.0 Å². The van der Waals surface area contributed by atoms with E-state index in [0.29, 0.717) is 0 Å². The molecule has 9 heteroatoms. The number of hydrogen-bond acceptors (Lipinski definition) is 5. The van der Waals surface area contributed by atoms with Crippen LogP contribution in [-0.2, 0) is 4.79 Å². The second kappa shape index (κ2) is 4.73.